The largest absolute Gasteiger partial charge is 0.495 e. The molecule has 1 aliphatic heterocycles. The van der Waals surface area contributed by atoms with Crippen LogP contribution in [0.3, 0.4) is 0 Å². The lowest BCUT2D eigenvalue weighted by Crippen LogP contribution is -2.54. The van der Waals surface area contributed by atoms with E-state index in [2.05, 4.69) is 5.32 Å². The molecule has 1 saturated heterocycles. The normalized spacial score (nSPS) is 14.4. The van der Waals surface area contributed by atoms with Crippen LogP contribution in [0.15, 0.2) is 78.4 Å². The Morgan fingerprint density at radius 3 is 2.30 bits per heavy atom. The van der Waals surface area contributed by atoms with Gasteiger partial charge < -0.3 is 14.2 Å². The van der Waals surface area contributed by atoms with Gasteiger partial charge in [-0.2, -0.15) is 0 Å². The Morgan fingerprint density at radius 2 is 1.57 bits per heavy atom. The first-order valence-corrected chi connectivity index (χ1v) is 12.8. The Balaban J connectivity index is 1.60. The molecule has 10 heteroatoms. The molecule has 40 heavy (non-hydrogen) atoms. The third-order valence-electron chi connectivity index (χ3n) is 6.32. The number of carbonyl (C=O) groups is 3. The van der Waals surface area contributed by atoms with Crippen molar-refractivity contribution in [2.75, 3.05) is 19.1 Å². The highest BCUT2D eigenvalue weighted by molar-refractivity contribution is 6.40. The molecule has 0 aliphatic carbocycles. The van der Waals surface area contributed by atoms with E-state index in [9.17, 15) is 14.4 Å². The van der Waals surface area contributed by atoms with Crippen LogP contribution in [-0.4, -0.2) is 32.1 Å². The topological polar surface area (TPSA) is 94.2 Å². The van der Waals surface area contributed by atoms with Gasteiger partial charge in [-0.3, -0.25) is 14.9 Å². The number of halogens is 2. The maximum atomic E-state index is 13.8. The Morgan fingerprint density at radius 1 is 0.850 bits per heavy atom. The third kappa shape index (κ3) is 5.19. The van der Waals surface area contributed by atoms with E-state index in [-0.39, 0.29) is 34.4 Å². The van der Waals surface area contributed by atoms with E-state index in [1.165, 1.54) is 32.4 Å². The lowest BCUT2D eigenvalue weighted by molar-refractivity contribution is -0.122. The lowest BCUT2D eigenvalue weighted by atomic mass is 9.99. The van der Waals surface area contributed by atoms with Crippen LogP contribution in [0.25, 0.3) is 16.8 Å². The van der Waals surface area contributed by atoms with E-state index in [1.54, 1.807) is 18.2 Å². The number of urea groups is 1. The van der Waals surface area contributed by atoms with Crippen molar-refractivity contribution in [2.24, 2.45) is 0 Å². The average molecular weight is 577 g/mol. The van der Waals surface area contributed by atoms with Crippen LogP contribution in [-0.2, 0) is 16.2 Å². The van der Waals surface area contributed by atoms with Gasteiger partial charge in [-0.15, -0.1) is 0 Å². The summed E-state index contributed by atoms with van der Waals surface area (Å²) in [6, 6.07) is 20.2. The number of ether oxygens (including phenoxy) is 3. The van der Waals surface area contributed by atoms with Crippen LogP contribution in [0, 0.1) is 0 Å². The second kappa shape index (κ2) is 11.3. The summed E-state index contributed by atoms with van der Waals surface area (Å²) >= 11 is 12.2. The summed E-state index contributed by atoms with van der Waals surface area (Å²) in [5, 5.41) is 4.68. The summed E-state index contributed by atoms with van der Waals surface area (Å²) in [6.07, 6.45) is 1.43. The van der Waals surface area contributed by atoms with Gasteiger partial charge in [-0.1, -0.05) is 65.7 Å². The fourth-order valence-electron chi connectivity index (χ4n) is 4.33. The summed E-state index contributed by atoms with van der Waals surface area (Å²) < 4.78 is 16.8. The molecule has 0 atom stereocenters. The van der Waals surface area contributed by atoms with Gasteiger partial charge in [0, 0.05) is 22.7 Å². The fourth-order valence-corrected chi connectivity index (χ4v) is 4.69. The van der Waals surface area contributed by atoms with Gasteiger partial charge >= 0.3 is 6.03 Å². The lowest BCUT2D eigenvalue weighted by Gasteiger charge is -2.28. The number of imide groups is 2. The van der Waals surface area contributed by atoms with Gasteiger partial charge in [0.05, 0.1) is 24.9 Å². The number of hydrogen-bond donors (Lipinski definition) is 1. The number of amides is 4. The molecule has 202 valence electrons. The molecule has 0 unspecified atom stereocenters. The second-order valence-corrected chi connectivity index (χ2v) is 9.57. The molecule has 0 aromatic heterocycles. The molecule has 0 saturated carbocycles. The minimum atomic E-state index is -0.938. The molecule has 4 aromatic rings. The predicted molar refractivity (Wildman–Crippen MR) is 153 cm³/mol. The smallest absolute Gasteiger partial charge is 0.336 e. The molecule has 0 bridgehead atoms. The Labute approximate surface area is 239 Å². The summed E-state index contributed by atoms with van der Waals surface area (Å²) in [5.41, 5.74) is 1.16. The van der Waals surface area contributed by atoms with Gasteiger partial charge in [0.2, 0.25) is 0 Å². The molecule has 1 N–H and O–H groups in total. The molecule has 0 radical (unpaired) electrons. The predicted octanol–water partition coefficient (Wildman–Crippen LogP) is 6.41. The van der Waals surface area contributed by atoms with Crippen molar-refractivity contribution in [2.45, 2.75) is 6.61 Å². The van der Waals surface area contributed by atoms with Crippen molar-refractivity contribution >= 4 is 63.6 Å². The van der Waals surface area contributed by atoms with Gasteiger partial charge in [-0.05, 0) is 40.6 Å². The molecule has 1 aliphatic rings. The highest BCUT2D eigenvalue weighted by atomic mass is 35.5. The van der Waals surface area contributed by atoms with E-state index >= 15 is 0 Å². The summed E-state index contributed by atoms with van der Waals surface area (Å²) in [4.78, 5) is 40.5. The van der Waals surface area contributed by atoms with Crippen molar-refractivity contribution in [3.63, 3.8) is 0 Å². The first-order chi connectivity index (χ1) is 19.3. The monoisotopic (exact) mass is 576 g/mol. The van der Waals surface area contributed by atoms with E-state index in [0.29, 0.717) is 16.3 Å². The van der Waals surface area contributed by atoms with Gasteiger partial charge in [0.25, 0.3) is 11.8 Å². The molecular weight excluding hydrogens is 555 g/mol. The highest BCUT2D eigenvalue weighted by Crippen LogP contribution is 2.40. The number of hydrogen-bond acceptors (Lipinski definition) is 6. The number of methoxy groups -OCH3 is 2. The Kier molecular flexibility index (Phi) is 7.64. The SMILES string of the molecule is COc1cc(N2C(=O)NC(=O)/C(=C\c3c(OCc4ccc(Cl)cc4)ccc4ccccc34)C2=O)c(OC)cc1Cl. The van der Waals surface area contributed by atoms with Crippen molar-refractivity contribution in [3.8, 4) is 17.2 Å². The zero-order chi connectivity index (χ0) is 28.4. The van der Waals surface area contributed by atoms with Crippen LogP contribution < -0.4 is 24.4 Å². The number of carbonyl (C=O) groups excluding carboxylic acids is 3. The van der Waals surface area contributed by atoms with Crippen molar-refractivity contribution in [1.82, 2.24) is 5.32 Å². The zero-order valence-corrected chi connectivity index (χ0v) is 22.9. The number of fused-ring (bicyclic) bond motifs is 1. The Bertz CT molecular complexity index is 1680. The number of rotatable bonds is 7. The summed E-state index contributed by atoms with van der Waals surface area (Å²) in [6.45, 7) is 0.220. The standard InChI is InChI=1S/C30H22Cl2N2O6/c1-38-26-15-24(27(39-2)14-23(26)32)34-29(36)22(28(35)33-30(34)37)13-21-20-6-4-3-5-18(20)9-12-25(21)40-16-17-7-10-19(31)11-8-17/h3-15H,16H2,1-2H3,(H,33,35,37)/b22-13+. The van der Waals surface area contributed by atoms with E-state index in [1.807, 2.05) is 42.5 Å². The van der Waals surface area contributed by atoms with Gasteiger partial charge in [0.15, 0.2) is 0 Å². The molecular formula is C30H22Cl2N2O6. The van der Waals surface area contributed by atoms with E-state index in [4.69, 9.17) is 37.4 Å². The van der Waals surface area contributed by atoms with Crippen LogP contribution in [0.5, 0.6) is 17.2 Å². The second-order valence-electron chi connectivity index (χ2n) is 8.73. The number of barbiturate groups is 1. The maximum Gasteiger partial charge on any atom is 0.336 e. The van der Waals surface area contributed by atoms with E-state index < -0.39 is 17.8 Å². The molecule has 0 spiro atoms. The number of nitrogens with zero attached hydrogens (tertiary/aromatic N) is 1. The van der Waals surface area contributed by atoms with Crippen molar-refractivity contribution < 1.29 is 28.6 Å². The average Bonchev–Trinajstić information content (AvgIpc) is 2.95. The third-order valence-corrected chi connectivity index (χ3v) is 6.87. The number of benzene rings is 4. The van der Waals surface area contributed by atoms with Gasteiger partial charge in [0.1, 0.15) is 29.4 Å². The van der Waals surface area contributed by atoms with Gasteiger partial charge in [-0.25, -0.2) is 9.69 Å². The quantitative estimate of drug-likeness (QED) is 0.202. The molecule has 4 aromatic carbocycles. The molecule has 8 nitrogen and oxygen atoms in total. The zero-order valence-electron chi connectivity index (χ0n) is 21.4. The highest BCUT2D eigenvalue weighted by Gasteiger charge is 2.39. The maximum absolute atomic E-state index is 13.8. The van der Waals surface area contributed by atoms with Crippen molar-refractivity contribution in [1.29, 1.82) is 0 Å². The Hall–Kier alpha value is -4.53. The first-order valence-electron chi connectivity index (χ1n) is 12.0. The van der Waals surface area contributed by atoms with Crippen LogP contribution in [0.1, 0.15) is 11.1 Å². The number of anilines is 1. The molecule has 4 amide bonds. The van der Waals surface area contributed by atoms with E-state index in [0.717, 1.165) is 21.2 Å². The first kappa shape index (κ1) is 27.1. The summed E-state index contributed by atoms with van der Waals surface area (Å²) in [5.74, 6) is -0.903. The minimum Gasteiger partial charge on any atom is -0.495 e. The van der Waals surface area contributed by atoms with Crippen LogP contribution in [0.4, 0.5) is 10.5 Å². The molecule has 5 rings (SSSR count). The minimum absolute atomic E-state index is 0.0572. The molecule has 1 fully saturated rings. The van der Waals surface area contributed by atoms with Crippen molar-refractivity contribution in [3.05, 3.63) is 99.5 Å². The van der Waals surface area contributed by atoms with Crippen LogP contribution in [0.2, 0.25) is 10.0 Å². The van der Waals surface area contributed by atoms with Crippen LogP contribution >= 0.6 is 23.2 Å². The summed E-state index contributed by atoms with van der Waals surface area (Å²) in [7, 11) is 2.77. The number of nitrogens with one attached hydrogen (secondary N) is 1. The molecule has 1 heterocycles. The fraction of sp³-hybridized carbons (Fsp3) is 0.100.